The topological polar surface area (TPSA) is 58.6 Å². The zero-order valence-corrected chi connectivity index (χ0v) is 12.9. The molecule has 0 aliphatic rings. The molecule has 1 aromatic carbocycles. The molecule has 0 saturated carbocycles. The van der Waals surface area contributed by atoms with Crippen molar-refractivity contribution >= 4 is 15.5 Å². The number of hydrogen-bond acceptors (Lipinski definition) is 5. The maximum Gasteiger partial charge on any atom is 0.341 e. The molecule has 0 unspecified atom stereocenters. The number of halogens is 2. The molecule has 0 aliphatic heterocycles. The number of likely N-dealkylation sites (N-methyl/N-ethyl adjacent to an activating group) is 1. The lowest BCUT2D eigenvalue weighted by atomic mass is 10.3. The van der Waals surface area contributed by atoms with Crippen LogP contribution in [-0.2, 0) is 14.6 Å². The Balaban J connectivity index is 2.39. The van der Waals surface area contributed by atoms with Gasteiger partial charge >= 0.3 is 5.76 Å². The fraction of sp³-hybridized carbons (Fsp3) is 0.538. The van der Waals surface area contributed by atoms with Crippen LogP contribution >= 0.6 is 0 Å². The van der Waals surface area contributed by atoms with Crippen molar-refractivity contribution in [2.24, 2.45) is 0 Å². The molecule has 0 bridgehead atoms. The first-order valence-corrected chi connectivity index (χ1v) is 7.97. The monoisotopic (exact) mass is 322 g/mol. The molecular weight excluding hydrogens is 302 g/mol. The highest BCUT2D eigenvalue weighted by Crippen LogP contribution is 2.20. The number of rotatable bonds is 9. The fourth-order valence-electron chi connectivity index (χ4n) is 1.48. The van der Waals surface area contributed by atoms with Gasteiger partial charge in [-0.25, -0.2) is 8.42 Å². The molecule has 120 valence electrons. The van der Waals surface area contributed by atoms with Gasteiger partial charge in [0, 0.05) is 18.8 Å². The van der Waals surface area contributed by atoms with Crippen LogP contribution in [0.3, 0.4) is 0 Å². The van der Waals surface area contributed by atoms with Crippen molar-refractivity contribution in [1.82, 2.24) is 4.90 Å². The molecule has 5 nitrogen and oxygen atoms in total. The minimum Gasteiger partial charge on any atom is -0.383 e. The van der Waals surface area contributed by atoms with Crippen molar-refractivity contribution in [3.63, 3.8) is 0 Å². The Morgan fingerprint density at radius 3 is 2.33 bits per heavy atom. The highest BCUT2D eigenvalue weighted by atomic mass is 32.2. The quantitative estimate of drug-likeness (QED) is 0.701. The molecule has 0 saturated heterocycles. The van der Waals surface area contributed by atoms with Gasteiger partial charge in [0.1, 0.15) is 0 Å². The van der Waals surface area contributed by atoms with Gasteiger partial charge in [-0.15, -0.1) is 0 Å². The van der Waals surface area contributed by atoms with Crippen molar-refractivity contribution in [2.45, 2.75) is 10.7 Å². The van der Waals surface area contributed by atoms with E-state index < -0.39 is 15.6 Å². The Bertz CT molecular complexity index is 519. The highest BCUT2D eigenvalue weighted by molar-refractivity contribution is 7.91. The van der Waals surface area contributed by atoms with Gasteiger partial charge in [0.25, 0.3) is 0 Å². The van der Waals surface area contributed by atoms with Crippen LogP contribution in [0, 0.1) is 0 Å². The maximum absolute atomic E-state index is 12.4. The van der Waals surface area contributed by atoms with Gasteiger partial charge in [-0.1, -0.05) is 0 Å². The second-order valence-corrected chi connectivity index (χ2v) is 6.59. The number of ether oxygens (including phenoxy) is 1. The van der Waals surface area contributed by atoms with Crippen LogP contribution < -0.4 is 5.32 Å². The van der Waals surface area contributed by atoms with Gasteiger partial charge in [-0.3, -0.25) is 0 Å². The summed E-state index contributed by atoms with van der Waals surface area (Å²) in [5.41, 5.74) is 0.652. The second-order valence-electron chi connectivity index (χ2n) is 4.67. The van der Waals surface area contributed by atoms with Crippen molar-refractivity contribution in [2.75, 3.05) is 45.7 Å². The summed E-state index contributed by atoms with van der Waals surface area (Å²) in [4.78, 5) is 1.63. The standard InChI is InChI=1S/C13H20F2N2O3S/c1-17(2)8-10-20-9-7-16-11-3-5-12(6-4-11)21(18,19)13(14)15/h3-6,13,16H,7-10H2,1-2H3. The van der Waals surface area contributed by atoms with Crippen LogP contribution in [0.2, 0.25) is 0 Å². The number of sulfone groups is 1. The molecular formula is C13H20F2N2O3S. The minimum absolute atomic E-state index is 0.384. The molecule has 0 heterocycles. The van der Waals surface area contributed by atoms with Gasteiger partial charge in [0.15, 0.2) is 0 Å². The molecule has 0 fully saturated rings. The van der Waals surface area contributed by atoms with E-state index in [9.17, 15) is 17.2 Å². The number of benzene rings is 1. The molecule has 21 heavy (non-hydrogen) atoms. The van der Waals surface area contributed by atoms with E-state index in [0.29, 0.717) is 25.4 Å². The average Bonchev–Trinajstić information content (AvgIpc) is 2.42. The average molecular weight is 322 g/mol. The van der Waals surface area contributed by atoms with Crippen molar-refractivity contribution in [1.29, 1.82) is 0 Å². The number of hydrogen-bond donors (Lipinski definition) is 1. The smallest absolute Gasteiger partial charge is 0.341 e. The lowest BCUT2D eigenvalue weighted by molar-refractivity contribution is 0.126. The molecule has 0 radical (unpaired) electrons. The van der Waals surface area contributed by atoms with Crippen molar-refractivity contribution < 1.29 is 21.9 Å². The first-order valence-electron chi connectivity index (χ1n) is 6.42. The van der Waals surface area contributed by atoms with Crippen LogP contribution in [0.25, 0.3) is 0 Å². The zero-order chi connectivity index (χ0) is 15.9. The van der Waals surface area contributed by atoms with Crippen LogP contribution in [0.15, 0.2) is 29.2 Å². The lowest BCUT2D eigenvalue weighted by Crippen LogP contribution is -2.20. The van der Waals surface area contributed by atoms with E-state index in [0.717, 1.165) is 18.7 Å². The molecule has 1 N–H and O–H groups in total. The third kappa shape index (κ3) is 5.94. The maximum atomic E-state index is 12.4. The molecule has 1 rings (SSSR count). The van der Waals surface area contributed by atoms with Gasteiger partial charge in [-0.05, 0) is 38.4 Å². The summed E-state index contributed by atoms with van der Waals surface area (Å²) in [7, 11) is -0.615. The van der Waals surface area contributed by atoms with E-state index in [4.69, 9.17) is 4.74 Å². The Morgan fingerprint density at radius 1 is 1.19 bits per heavy atom. The predicted molar refractivity (Wildman–Crippen MR) is 77.5 cm³/mol. The molecule has 8 heteroatoms. The summed E-state index contributed by atoms with van der Waals surface area (Å²) in [6.45, 7) is 2.51. The predicted octanol–water partition coefficient (Wildman–Crippen LogP) is 1.67. The van der Waals surface area contributed by atoms with Crippen LogP contribution in [0.1, 0.15) is 0 Å². The number of nitrogens with zero attached hydrogens (tertiary/aromatic N) is 1. The molecule has 0 atom stereocenters. The summed E-state index contributed by atoms with van der Waals surface area (Å²) in [5.74, 6) is -3.40. The van der Waals surface area contributed by atoms with E-state index in [-0.39, 0.29) is 4.90 Å². The molecule has 0 aliphatic carbocycles. The van der Waals surface area contributed by atoms with E-state index in [1.54, 1.807) is 0 Å². The van der Waals surface area contributed by atoms with E-state index >= 15 is 0 Å². The van der Waals surface area contributed by atoms with Gasteiger partial charge < -0.3 is 15.0 Å². The Hall–Kier alpha value is -1.25. The summed E-state index contributed by atoms with van der Waals surface area (Å²) in [5, 5.41) is 3.02. The summed E-state index contributed by atoms with van der Waals surface area (Å²) in [6.07, 6.45) is 0. The Kier molecular flexibility index (Phi) is 7.00. The molecule has 0 spiro atoms. The third-order valence-corrected chi connectivity index (χ3v) is 4.07. The van der Waals surface area contributed by atoms with Crippen LogP contribution in [0.5, 0.6) is 0 Å². The van der Waals surface area contributed by atoms with E-state index in [1.807, 2.05) is 19.0 Å². The Labute approximate surface area is 123 Å². The van der Waals surface area contributed by atoms with Gasteiger partial charge in [0.2, 0.25) is 9.84 Å². The van der Waals surface area contributed by atoms with E-state index in [1.165, 1.54) is 12.1 Å². The zero-order valence-electron chi connectivity index (χ0n) is 12.1. The van der Waals surface area contributed by atoms with Crippen LogP contribution in [0.4, 0.5) is 14.5 Å². The SMILES string of the molecule is CN(C)CCOCCNc1ccc(S(=O)(=O)C(F)F)cc1. The summed E-state index contributed by atoms with van der Waals surface area (Å²) >= 11 is 0. The Morgan fingerprint density at radius 2 is 1.81 bits per heavy atom. The number of alkyl halides is 2. The number of anilines is 1. The normalized spacial score (nSPS) is 12.1. The fourth-order valence-corrected chi connectivity index (χ4v) is 2.20. The molecule has 0 amide bonds. The first kappa shape index (κ1) is 17.8. The third-order valence-electron chi connectivity index (χ3n) is 2.68. The highest BCUT2D eigenvalue weighted by Gasteiger charge is 2.26. The number of nitrogens with one attached hydrogen (secondary N) is 1. The lowest BCUT2D eigenvalue weighted by Gasteiger charge is -2.11. The van der Waals surface area contributed by atoms with Crippen molar-refractivity contribution in [3.05, 3.63) is 24.3 Å². The molecule has 0 aromatic heterocycles. The summed E-state index contributed by atoms with van der Waals surface area (Å²) in [6, 6.07) is 5.23. The van der Waals surface area contributed by atoms with Crippen molar-refractivity contribution in [3.8, 4) is 0 Å². The van der Waals surface area contributed by atoms with Gasteiger partial charge in [0.05, 0.1) is 18.1 Å². The van der Waals surface area contributed by atoms with Crippen LogP contribution in [-0.4, -0.2) is 59.5 Å². The largest absolute Gasteiger partial charge is 0.383 e. The minimum atomic E-state index is -4.52. The second kappa shape index (κ2) is 8.26. The van der Waals surface area contributed by atoms with Gasteiger partial charge in [-0.2, -0.15) is 8.78 Å². The first-order chi connectivity index (χ1) is 9.84. The van der Waals surface area contributed by atoms with E-state index in [2.05, 4.69) is 5.32 Å². The summed E-state index contributed by atoms with van der Waals surface area (Å²) < 4.78 is 52.6. The molecule has 1 aromatic rings.